The molecular formula is C9H12N2O3S. The lowest BCUT2D eigenvalue weighted by Crippen LogP contribution is -2.40. The van der Waals surface area contributed by atoms with E-state index in [9.17, 15) is 9.59 Å². The lowest BCUT2D eigenvalue weighted by atomic mass is 10.3. The van der Waals surface area contributed by atoms with Gasteiger partial charge in [0.05, 0.1) is 5.01 Å². The Morgan fingerprint density at radius 2 is 2.20 bits per heavy atom. The molecule has 1 heterocycles. The Bertz CT molecular complexity index is 388. The van der Waals surface area contributed by atoms with Crippen molar-refractivity contribution in [3.05, 3.63) is 16.1 Å². The fourth-order valence-electron chi connectivity index (χ4n) is 0.984. The van der Waals surface area contributed by atoms with Crippen molar-refractivity contribution >= 4 is 23.2 Å². The number of amides is 1. The van der Waals surface area contributed by atoms with E-state index in [0.29, 0.717) is 5.69 Å². The molecule has 0 spiro atoms. The van der Waals surface area contributed by atoms with Gasteiger partial charge in [0.25, 0.3) is 5.91 Å². The lowest BCUT2D eigenvalue weighted by Gasteiger charge is -2.20. The number of rotatable bonds is 3. The highest BCUT2D eigenvalue weighted by molar-refractivity contribution is 7.09. The average molecular weight is 228 g/mol. The largest absolute Gasteiger partial charge is 0.480 e. The molecule has 0 radical (unpaired) electrons. The van der Waals surface area contributed by atoms with Crippen LogP contribution in [0.15, 0.2) is 5.38 Å². The minimum Gasteiger partial charge on any atom is -0.480 e. The number of aliphatic carboxylic acids is 1. The van der Waals surface area contributed by atoms with Gasteiger partial charge in [-0.05, 0) is 13.8 Å². The minimum atomic E-state index is -1.03. The van der Waals surface area contributed by atoms with Crippen LogP contribution < -0.4 is 0 Å². The number of aromatic nitrogens is 1. The van der Waals surface area contributed by atoms with E-state index >= 15 is 0 Å². The van der Waals surface area contributed by atoms with Gasteiger partial charge in [-0.2, -0.15) is 0 Å². The number of hydrogen-bond acceptors (Lipinski definition) is 4. The maximum Gasteiger partial charge on any atom is 0.326 e. The van der Waals surface area contributed by atoms with Gasteiger partial charge in [0, 0.05) is 12.4 Å². The fourth-order valence-corrected chi connectivity index (χ4v) is 1.57. The molecule has 0 fully saturated rings. The minimum absolute atomic E-state index is 0.299. The van der Waals surface area contributed by atoms with Crippen LogP contribution in [0.5, 0.6) is 0 Å². The summed E-state index contributed by atoms with van der Waals surface area (Å²) in [6.07, 6.45) is 0. The Balaban J connectivity index is 2.81. The fraction of sp³-hybridized carbons (Fsp3) is 0.444. The molecule has 1 N–H and O–H groups in total. The number of carbonyl (C=O) groups is 2. The SMILES string of the molecule is Cc1nc(C(=O)N(C)C(C)C(=O)O)cs1. The number of carboxylic acids is 1. The summed E-state index contributed by atoms with van der Waals surface area (Å²) in [5.41, 5.74) is 0.299. The number of carboxylic acid groups (broad SMARTS) is 1. The van der Waals surface area contributed by atoms with Crippen LogP contribution in [0, 0.1) is 6.92 Å². The van der Waals surface area contributed by atoms with Gasteiger partial charge in [-0.15, -0.1) is 11.3 Å². The van der Waals surface area contributed by atoms with Gasteiger partial charge in [-0.25, -0.2) is 9.78 Å². The Labute approximate surface area is 91.4 Å². The number of thiazole rings is 1. The van der Waals surface area contributed by atoms with Crippen LogP contribution in [-0.2, 0) is 4.79 Å². The standard InChI is InChI=1S/C9H12N2O3S/c1-5(9(13)14)11(3)8(12)7-4-15-6(2)10-7/h4-5H,1-3H3,(H,13,14). The third-order valence-corrected chi connectivity index (χ3v) is 2.87. The summed E-state index contributed by atoms with van der Waals surface area (Å²) in [6.45, 7) is 3.25. The third-order valence-electron chi connectivity index (χ3n) is 2.10. The molecule has 0 aliphatic carbocycles. The van der Waals surface area contributed by atoms with E-state index < -0.39 is 12.0 Å². The van der Waals surface area contributed by atoms with Crippen LogP contribution in [-0.4, -0.2) is 40.0 Å². The first kappa shape index (κ1) is 11.6. The van der Waals surface area contributed by atoms with Crippen molar-refractivity contribution in [3.63, 3.8) is 0 Å². The first-order valence-corrected chi connectivity index (χ1v) is 5.23. The van der Waals surface area contributed by atoms with Crippen LogP contribution in [0.3, 0.4) is 0 Å². The molecule has 1 aromatic heterocycles. The van der Waals surface area contributed by atoms with Gasteiger partial charge in [-0.3, -0.25) is 4.79 Å². The molecular weight excluding hydrogens is 216 g/mol. The number of hydrogen-bond donors (Lipinski definition) is 1. The summed E-state index contributed by atoms with van der Waals surface area (Å²) in [4.78, 5) is 27.6. The van der Waals surface area contributed by atoms with Gasteiger partial charge in [-0.1, -0.05) is 0 Å². The Morgan fingerprint density at radius 1 is 1.60 bits per heavy atom. The van der Waals surface area contributed by atoms with E-state index in [-0.39, 0.29) is 5.91 Å². The van der Waals surface area contributed by atoms with Gasteiger partial charge in [0.15, 0.2) is 0 Å². The van der Waals surface area contributed by atoms with Crippen LogP contribution >= 0.6 is 11.3 Å². The van der Waals surface area contributed by atoms with Crippen molar-refractivity contribution in [2.75, 3.05) is 7.05 Å². The molecule has 1 amide bonds. The molecule has 0 saturated carbocycles. The molecule has 1 aromatic rings. The number of carbonyl (C=O) groups excluding carboxylic acids is 1. The van der Waals surface area contributed by atoms with Crippen LogP contribution in [0.2, 0.25) is 0 Å². The number of aryl methyl sites for hydroxylation is 1. The Kier molecular flexibility index (Phi) is 3.41. The Hall–Kier alpha value is -1.43. The number of likely N-dealkylation sites (N-methyl/N-ethyl adjacent to an activating group) is 1. The first-order valence-electron chi connectivity index (χ1n) is 4.35. The predicted octanol–water partition coefficient (Wildman–Crippen LogP) is 0.997. The van der Waals surface area contributed by atoms with Crippen molar-refractivity contribution in [1.82, 2.24) is 9.88 Å². The molecule has 1 atom stereocenters. The van der Waals surface area contributed by atoms with E-state index in [0.717, 1.165) is 9.91 Å². The zero-order valence-electron chi connectivity index (χ0n) is 8.72. The summed E-state index contributed by atoms with van der Waals surface area (Å²) < 4.78 is 0. The molecule has 1 unspecified atom stereocenters. The second kappa shape index (κ2) is 4.39. The second-order valence-electron chi connectivity index (χ2n) is 3.18. The lowest BCUT2D eigenvalue weighted by molar-refractivity contribution is -0.141. The monoisotopic (exact) mass is 228 g/mol. The summed E-state index contributed by atoms with van der Waals surface area (Å²) >= 11 is 1.36. The van der Waals surface area contributed by atoms with E-state index in [2.05, 4.69) is 4.98 Å². The highest BCUT2D eigenvalue weighted by atomic mass is 32.1. The zero-order chi connectivity index (χ0) is 11.6. The van der Waals surface area contributed by atoms with E-state index in [1.54, 1.807) is 12.3 Å². The van der Waals surface area contributed by atoms with Crippen molar-refractivity contribution < 1.29 is 14.7 Å². The molecule has 0 saturated heterocycles. The zero-order valence-corrected chi connectivity index (χ0v) is 9.54. The van der Waals surface area contributed by atoms with E-state index in [1.165, 1.54) is 25.3 Å². The summed E-state index contributed by atoms with van der Waals surface area (Å²) in [6, 6.07) is -0.848. The second-order valence-corrected chi connectivity index (χ2v) is 4.24. The molecule has 6 heteroatoms. The molecule has 82 valence electrons. The van der Waals surface area contributed by atoms with Gasteiger partial charge < -0.3 is 10.0 Å². The van der Waals surface area contributed by atoms with Gasteiger partial charge >= 0.3 is 5.97 Å². The molecule has 5 nitrogen and oxygen atoms in total. The smallest absolute Gasteiger partial charge is 0.326 e. The van der Waals surface area contributed by atoms with Gasteiger partial charge in [0.1, 0.15) is 11.7 Å². The normalized spacial score (nSPS) is 12.2. The average Bonchev–Trinajstić information content (AvgIpc) is 2.61. The third kappa shape index (κ3) is 2.53. The van der Waals surface area contributed by atoms with Crippen molar-refractivity contribution in [2.24, 2.45) is 0 Å². The molecule has 0 aliphatic heterocycles. The van der Waals surface area contributed by atoms with Crippen molar-refractivity contribution in [3.8, 4) is 0 Å². The van der Waals surface area contributed by atoms with Crippen molar-refractivity contribution in [1.29, 1.82) is 0 Å². The molecule has 1 rings (SSSR count). The first-order chi connectivity index (χ1) is 6.93. The molecule has 0 aliphatic rings. The molecule has 0 bridgehead atoms. The van der Waals surface area contributed by atoms with E-state index in [4.69, 9.17) is 5.11 Å². The van der Waals surface area contributed by atoms with Crippen LogP contribution in [0.1, 0.15) is 22.4 Å². The summed E-state index contributed by atoms with van der Waals surface area (Å²) in [7, 11) is 1.45. The van der Waals surface area contributed by atoms with Crippen LogP contribution in [0.4, 0.5) is 0 Å². The summed E-state index contributed by atoms with van der Waals surface area (Å²) in [5.74, 6) is -1.40. The van der Waals surface area contributed by atoms with Crippen molar-refractivity contribution in [2.45, 2.75) is 19.9 Å². The van der Waals surface area contributed by atoms with Crippen LogP contribution in [0.25, 0.3) is 0 Å². The maximum atomic E-state index is 11.7. The highest BCUT2D eigenvalue weighted by Gasteiger charge is 2.23. The molecule has 15 heavy (non-hydrogen) atoms. The Morgan fingerprint density at radius 3 is 2.60 bits per heavy atom. The maximum absolute atomic E-state index is 11.7. The quantitative estimate of drug-likeness (QED) is 0.837. The highest BCUT2D eigenvalue weighted by Crippen LogP contribution is 2.11. The van der Waals surface area contributed by atoms with E-state index in [1.807, 2.05) is 0 Å². The predicted molar refractivity (Wildman–Crippen MR) is 56.0 cm³/mol. The summed E-state index contributed by atoms with van der Waals surface area (Å²) in [5, 5.41) is 11.2. The number of nitrogens with zero attached hydrogens (tertiary/aromatic N) is 2. The molecule has 0 aromatic carbocycles. The topological polar surface area (TPSA) is 70.5 Å². The van der Waals surface area contributed by atoms with Gasteiger partial charge in [0.2, 0.25) is 0 Å².